The Balaban J connectivity index is 2.06. The summed E-state index contributed by atoms with van der Waals surface area (Å²) < 4.78 is 39.9. The highest BCUT2D eigenvalue weighted by molar-refractivity contribution is 8.03. The Bertz CT molecular complexity index is 872. The van der Waals surface area contributed by atoms with Crippen LogP contribution in [-0.4, -0.2) is 23.3 Å². The predicted molar refractivity (Wildman–Crippen MR) is 92.6 cm³/mol. The number of hydrogen-bond acceptors (Lipinski definition) is 4. The van der Waals surface area contributed by atoms with Gasteiger partial charge in [-0.25, -0.2) is 0 Å². The van der Waals surface area contributed by atoms with Crippen molar-refractivity contribution in [2.24, 2.45) is 0 Å². The van der Waals surface area contributed by atoms with Gasteiger partial charge in [0.05, 0.1) is 5.56 Å². The third kappa shape index (κ3) is 3.76. The summed E-state index contributed by atoms with van der Waals surface area (Å²) in [5, 5.41) is 10.8. The number of nitrogens with zero attached hydrogens (tertiary/aromatic N) is 2. The lowest BCUT2D eigenvalue weighted by Gasteiger charge is -2.37. The molecule has 1 fully saturated rings. The summed E-state index contributed by atoms with van der Waals surface area (Å²) in [4.78, 5) is 16.0. The molecule has 1 N–H and O–H groups in total. The van der Waals surface area contributed by atoms with Crippen molar-refractivity contribution in [3.05, 3.63) is 40.2 Å². The van der Waals surface area contributed by atoms with Gasteiger partial charge < -0.3 is 9.88 Å². The summed E-state index contributed by atoms with van der Waals surface area (Å²) in [5.74, 6) is 0.617. The first-order chi connectivity index (χ1) is 11.9. The van der Waals surface area contributed by atoms with Crippen LogP contribution in [0.25, 0.3) is 10.9 Å². The molecule has 1 aromatic carbocycles. The molecule has 0 spiro atoms. The fourth-order valence-corrected chi connectivity index (χ4v) is 3.92. The van der Waals surface area contributed by atoms with Crippen molar-refractivity contribution in [2.75, 3.05) is 17.2 Å². The van der Waals surface area contributed by atoms with Gasteiger partial charge in [0, 0.05) is 41.0 Å². The van der Waals surface area contributed by atoms with Crippen LogP contribution in [-0.2, 0) is 6.18 Å². The molecule has 3 rings (SSSR count). The van der Waals surface area contributed by atoms with Crippen molar-refractivity contribution in [3.8, 4) is 5.40 Å². The maximum Gasteiger partial charge on any atom is 0.417 e. The van der Waals surface area contributed by atoms with E-state index in [1.807, 2.05) is 0 Å². The smallest absolute Gasteiger partial charge is 0.368 e. The standard InChI is InChI=1S/C17H16F3N3OS/c18-17(19,20)14-8-16(24)22-15-5-4-11(7-13(14)15)23-6-2-1-3-12(23)9-25-10-21/h4-5,7-8,12H,1-3,6,9H2,(H,22,24). The number of thioether (sulfide) groups is 1. The highest BCUT2D eigenvalue weighted by atomic mass is 32.2. The molecule has 8 heteroatoms. The summed E-state index contributed by atoms with van der Waals surface area (Å²) in [5.41, 5.74) is -0.835. The van der Waals surface area contributed by atoms with Gasteiger partial charge in [0.25, 0.3) is 0 Å². The number of aromatic nitrogens is 1. The maximum absolute atomic E-state index is 13.3. The van der Waals surface area contributed by atoms with E-state index in [-0.39, 0.29) is 16.9 Å². The van der Waals surface area contributed by atoms with Crippen molar-refractivity contribution in [1.29, 1.82) is 5.26 Å². The van der Waals surface area contributed by atoms with Crippen LogP contribution in [0.3, 0.4) is 0 Å². The predicted octanol–water partition coefficient (Wildman–Crippen LogP) is 4.12. The van der Waals surface area contributed by atoms with Crippen molar-refractivity contribution >= 4 is 28.4 Å². The number of piperidine rings is 1. The Kier molecular flexibility index (Phi) is 4.95. The average Bonchev–Trinajstić information content (AvgIpc) is 2.58. The summed E-state index contributed by atoms with van der Waals surface area (Å²) in [6.45, 7) is 0.743. The molecule has 132 valence electrons. The van der Waals surface area contributed by atoms with Crippen LogP contribution in [0, 0.1) is 10.7 Å². The van der Waals surface area contributed by atoms with Crippen molar-refractivity contribution in [1.82, 2.24) is 4.98 Å². The maximum atomic E-state index is 13.3. The molecular formula is C17H16F3N3OS. The molecule has 1 saturated heterocycles. The number of alkyl halides is 3. The highest BCUT2D eigenvalue weighted by Gasteiger charge is 2.33. The minimum Gasteiger partial charge on any atom is -0.368 e. The molecule has 25 heavy (non-hydrogen) atoms. The molecule has 1 aliphatic rings. The summed E-state index contributed by atoms with van der Waals surface area (Å²) in [7, 11) is 0. The molecular weight excluding hydrogens is 351 g/mol. The molecule has 1 aliphatic heterocycles. The molecule has 2 heterocycles. The zero-order chi connectivity index (χ0) is 18.0. The van der Waals surface area contributed by atoms with Crippen molar-refractivity contribution in [2.45, 2.75) is 31.5 Å². The molecule has 2 aromatic rings. The lowest BCUT2D eigenvalue weighted by molar-refractivity contribution is -0.136. The van der Waals surface area contributed by atoms with Crippen LogP contribution >= 0.6 is 11.8 Å². The molecule has 0 bridgehead atoms. The number of fused-ring (bicyclic) bond motifs is 1. The van der Waals surface area contributed by atoms with Gasteiger partial charge in [0.1, 0.15) is 5.40 Å². The molecule has 0 radical (unpaired) electrons. The Hall–Kier alpha value is -2.14. The number of halogens is 3. The molecule has 1 atom stereocenters. The zero-order valence-electron chi connectivity index (χ0n) is 13.3. The van der Waals surface area contributed by atoms with Crippen LogP contribution in [0.2, 0.25) is 0 Å². The van der Waals surface area contributed by atoms with E-state index in [4.69, 9.17) is 5.26 Å². The van der Waals surface area contributed by atoms with Gasteiger partial charge in [-0.2, -0.15) is 18.4 Å². The number of aromatic amines is 1. The number of benzene rings is 1. The quantitative estimate of drug-likeness (QED) is 0.829. The van der Waals surface area contributed by atoms with Crippen LogP contribution in [0.5, 0.6) is 0 Å². The zero-order valence-corrected chi connectivity index (χ0v) is 14.1. The second kappa shape index (κ2) is 7.00. The van der Waals surface area contributed by atoms with Gasteiger partial charge in [-0.1, -0.05) is 0 Å². The van der Waals surface area contributed by atoms with Gasteiger partial charge in [-0.3, -0.25) is 4.79 Å². The SMILES string of the molecule is N#CSCC1CCCCN1c1ccc2[nH]c(=O)cc(C(F)(F)F)c2c1. The van der Waals surface area contributed by atoms with E-state index in [9.17, 15) is 18.0 Å². The van der Waals surface area contributed by atoms with Gasteiger partial charge in [-0.05, 0) is 49.2 Å². The number of nitriles is 1. The van der Waals surface area contributed by atoms with E-state index in [1.54, 1.807) is 6.07 Å². The fourth-order valence-electron chi connectivity index (χ4n) is 3.30. The van der Waals surface area contributed by atoms with Crippen LogP contribution in [0.1, 0.15) is 24.8 Å². The molecule has 1 unspecified atom stereocenters. The Morgan fingerprint density at radius 3 is 2.84 bits per heavy atom. The third-order valence-electron chi connectivity index (χ3n) is 4.43. The van der Waals surface area contributed by atoms with Gasteiger partial charge in [0.2, 0.25) is 5.56 Å². The fraction of sp³-hybridized carbons (Fsp3) is 0.412. The van der Waals surface area contributed by atoms with Crippen molar-refractivity contribution < 1.29 is 13.2 Å². The first-order valence-corrected chi connectivity index (χ1v) is 8.90. The second-order valence-corrected chi connectivity index (χ2v) is 6.82. The lowest BCUT2D eigenvalue weighted by atomic mass is 10.0. The molecule has 0 amide bonds. The Labute approximate surface area is 146 Å². The lowest BCUT2D eigenvalue weighted by Crippen LogP contribution is -2.41. The topological polar surface area (TPSA) is 59.9 Å². The van der Waals surface area contributed by atoms with Gasteiger partial charge in [0.15, 0.2) is 0 Å². The highest BCUT2D eigenvalue weighted by Crippen LogP contribution is 2.36. The number of nitrogens with one attached hydrogen (secondary N) is 1. The number of hydrogen-bond donors (Lipinski definition) is 1. The molecule has 0 saturated carbocycles. The molecule has 1 aromatic heterocycles. The van der Waals surface area contributed by atoms with E-state index in [0.717, 1.165) is 37.6 Å². The monoisotopic (exact) mass is 367 g/mol. The van der Waals surface area contributed by atoms with Crippen LogP contribution in [0.15, 0.2) is 29.1 Å². The Morgan fingerprint density at radius 1 is 1.32 bits per heavy atom. The molecule has 4 nitrogen and oxygen atoms in total. The van der Waals surface area contributed by atoms with E-state index < -0.39 is 17.3 Å². The molecule has 0 aliphatic carbocycles. The summed E-state index contributed by atoms with van der Waals surface area (Å²) in [6, 6.07) is 5.46. The number of thiocyanates is 1. The summed E-state index contributed by atoms with van der Waals surface area (Å²) in [6.07, 6.45) is -1.68. The van der Waals surface area contributed by atoms with Crippen LogP contribution in [0.4, 0.5) is 18.9 Å². The second-order valence-electron chi connectivity index (χ2n) is 6.02. The number of rotatable bonds is 3. The van der Waals surface area contributed by atoms with E-state index in [1.165, 1.54) is 12.1 Å². The normalized spacial score (nSPS) is 18.3. The largest absolute Gasteiger partial charge is 0.417 e. The number of pyridine rings is 1. The van der Waals surface area contributed by atoms with E-state index in [2.05, 4.69) is 15.3 Å². The summed E-state index contributed by atoms with van der Waals surface area (Å²) >= 11 is 1.16. The van der Waals surface area contributed by atoms with Gasteiger partial charge in [-0.15, -0.1) is 0 Å². The first kappa shape index (κ1) is 17.7. The Morgan fingerprint density at radius 2 is 2.12 bits per heavy atom. The van der Waals surface area contributed by atoms with E-state index in [0.29, 0.717) is 17.5 Å². The van der Waals surface area contributed by atoms with E-state index >= 15 is 0 Å². The van der Waals surface area contributed by atoms with Crippen LogP contribution < -0.4 is 10.5 Å². The van der Waals surface area contributed by atoms with Crippen molar-refractivity contribution in [3.63, 3.8) is 0 Å². The first-order valence-electron chi connectivity index (χ1n) is 7.92. The minimum absolute atomic E-state index is 0.0122. The van der Waals surface area contributed by atoms with Gasteiger partial charge >= 0.3 is 6.18 Å². The number of H-pyrrole nitrogens is 1. The number of anilines is 1. The third-order valence-corrected chi connectivity index (χ3v) is 5.11. The average molecular weight is 367 g/mol. The minimum atomic E-state index is -4.59.